The lowest BCUT2D eigenvalue weighted by atomic mass is 10.2. The van der Waals surface area contributed by atoms with E-state index in [0.717, 1.165) is 22.9 Å². The number of ether oxygens (including phenoxy) is 2. The van der Waals surface area contributed by atoms with Crippen molar-refractivity contribution in [3.05, 3.63) is 58.6 Å². The second-order valence-corrected chi connectivity index (χ2v) is 6.12. The summed E-state index contributed by atoms with van der Waals surface area (Å²) in [5, 5.41) is 2.78. The number of halogens is 1. The van der Waals surface area contributed by atoms with Gasteiger partial charge in [-0.25, -0.2) is 4.79 Å². The first-order valence-electron chi connectivity index (χ1n) is 7.15. The normalized spacial score (nSPS) is 13.5. The molecule has 0 radical (unpaired) electrons. The molecule has 5 heteroatoms. The highest BCUT2D eigenvalue weighted by atomic mass is 79.9. The Bertz CT molecular complexity index is 670. The predicted molar refractivity (Wildman–Crippen MR) is 87.1 cm³/mol. The Labute approximate surface area is 137 Å². The van der Waals surface area contributed by atoms with Crippen LogP contribution >= 0.6 is 15.9 Å². The molecule has 0 spiro atoms. The Morgan fingerprint density at radius 3 is 2.68 bits per heavy atom. The van der Waals surface area contributed by atoms with E-state index in [1.54, 1.807) is 18.2 Å². The number of amides is 1. The highest BCUT2D eigenvalue weighted by Gasteiger charge is 2.24. The molecular formula is C17H16BrNO3. The number of hydrogen-bond acceptors (Lipinski definition) is 3. The summed E-state index contributed by atoms with van der Waals surface area (Å²) in [6.07, 6.45) is 1.65. The van der Waals surface area contributed by atoms with E-state index >= 15 is 0 Å². The summed E-state index contributed by atoms with van der Waals surface area (Å²) in [5.41, 5.74) is 1.06. The summed E-state index contributed by atoms with van der Waals surface area (Å²) in [5.74, 6) is 1.14. The van der Waals surface area contributed by atoms with Crippen LogP contribution in [0.4, 0.5) is 4.79 Å². The molecule has 1 aliphatic carbocycles. The van der Waals surface area contributed by atoms with Crippen LogP contribution in [0.15, 0.2) is 53.0 Å². The number of nitrogens with one attached hydrogen (secondary N) is 1. The van der Waals surface area contributed by atoms with Crippen molar-refractivity contribution in [2.45, 2.75) is 25.5 Å². The smallest absolute Gasteiger partial charge is 0.412 e. The van der Waals surface area contributed by atoms with Gasteiger partial charge in [0, 0.05) is 16.6 Å². The van der Waals surface area contributed by atoms with Crippen molar-refractivity contribution in [1.82, 2.24) is 5.32 Å². The van der Waals surface area contributed by atoms with Gasteiger partial charge in [-0.15, -0.1) is 0 Å². The van der Waals surface area contributed by atoms with Crippen molar-refractivity contribution >= 4 is 22.0 Å². The minimum absolute atomic E-state index is 0.281. The molecule has 0 unspecified atom stereocenters. The summed E-state index contributed by atoms with van der Waals surface area (Å²) >= 11 is 3.43. The van der Waals surface area contributed by atoms with Crippen molar-refractivity contribution in [3.63, 3.8) is 0 Å². The quantitative estimate of drug-likeness (QED) is 0.864. The highest BCUT2D eigenvalue weighted by Crippen LogP contribution is 2.22. The molecule has 0 bridgehead atoms. The second kappa shape index (κ2) is 6.83. The van der Waals surface area contributed by atoms with E-state index in [1.807, 2.05) is 30.3 Å². The third-order valence-electron chi connectivity index (χ3n) is 3.21. The molecule has 1 aliphatic rings. The van der Waals surface area contributed by atoms with Gasteiger partial charge in [-0.3, -0.25) is 0 Å². The fourth-order valence-electron chi connectivity index (χ4n) is 1.95. The van der Waals surface area contributed by atoms with Crippen LogP contribution in [0.25, 0.3) is 0 Å². The van der Waals surface area contributed by atoms with E-state index in [0.29, 0.717) is 18.1 Å². The Kier molecular flexibility index (Phi) is 4.63. The van der Waals surface area contributed by atoms with Crippen LogP contribution in [0.5, 0.6) is 11.5 Å². The minimum Gasteiger partial charge on any atom is -0.489 e. The Morgan fingerprint density at radius 2 is 1.91 bits per heavy atom. The maximum absolute atomic E-state index is 11.6. The van der Waals surface area contributed by atoms with Gasteiger partial charge in [0.15, 0.2) is 0 Å². The zero-order valence-electron chi connectivity index (χ0n) is 11.9. The monoisotopic (exact) mass is 361 g/mol. The fraction of sp³-hybridized carbons (Fsp3) is 0.235. The lowest BCUT2D eigenvalue weighted by molar-refractivity contribution is 0.199. The van der Waals surface area contributed by atoms with Crippen LogP contribution < -0.4 is 14.8 Å². The molecule has 2 aromatic carbocycles. The van der Waals surface area contributed by atoms with Crippen molar-refractivity contribution in [2.24, 2.45) is 0 Å². The first kappa shape index (κ1) is 14.9. The fourth-order valence-corrected chi connectivity index (χ4v) is 2.40. The lowest BCUT2D eigenvalue weighted by Gasteiger charge is -2.09. The summed E-state index contributed by atoms with van der Waals surface area (Å²) in [4.78, 5) is 11.6. The Balaban J connectivity index is 1.57. The minimum atomic E-state index is -0.411. The number of hydrogen-bond donors (Lipinski definition) is 1. The molecule has 0 atom stereocenters. The van der Waals surface area contributed by atoms with Gasteiger partial charge < -0.3 is 14.8 Å². The largest absolute Gasteiger partial charge is 0.489 e. The average molecular weight is 362 g/mol. The summed E-state index contributed by atoms with van der Waals surface area (Å²) < 4.78 is 12.0. The molecule has 0 heterocycles. The van der Waals surface area contributed by atoms with Crippen LogP contribution in [0.2, 0.25) is 0 Å². The molecular weight excluding hydrogens is 346 g/mol. The maximum Gasteiger partial charge on any atom is 0.412 e. The van der Waals surface area contributed by atoms with E-state index < -0.39 is 6.09 Å². The van der Waals surface area contributed by atoms with Crippen LogP contribution in [0, 0.1) is 0 Å². The van der Waals surface area contributed by atoms with Crippen molar-refractivity contribution < 1.29 is 14.3 Å². The third-order valence-corrected chi connectivity index (χ3v) is 3.70. The number of rotatable bonds is 5. The van der Waals surface area contributed by atoms with Crippen LogP contribution in [-0.2, 0) is 6.61 Å². The standard InChI is InChI=1S/C17H16BrNO3/c18-13-4-1-3-12(9-13)11-21-15-5-2-6-16(10-15)22-17(20)19-14-7-8-14/h1-6,9-10,14H,7-8,11H2,(H,19,20). The van der Waals surface area contributed by atoms with Crippen LogP contribution in [0.3, 0.4) is 0 Å². The van der Waals surface area contributed by atoms with Gasteiger partial charge in [0.25, 0.3) is 0 Å². The maximum atomic E-state index is 11.6. The predicted octanol–water partition coefficient (Wildman–Crippen LogP) is 4.28. The molecule has 1 fully saturated rings. The first-order valence-corrected chi connectivity index (χ1v) is 7.94. The highest BCUT2D eigenvalue weighted by molar-refractivity contribution is 9.10. The number of benzene rings is 2. The summed E-state index contributed by atoms with van der Waals surface area (Å²) in [6.45, 7) is 0.456. The molecule has 2 aromatic rings. The molecule has 1 saturated carbocycles. The van der Waals surface area contributed by atoms with Crippen LogP contribution in [-0.4, -0.2) is 12.1 Å². The van der Waals surface area contributed by atoms with Crippen molar-refractivity contribution in [3.8, 4) is 11.5 Å². The van der Waals surface area contributed by atoms with Gasteiger partial charge in [0.1, 0.15) is 18.1 Å². The molecule has 114 valence electrons. The molecule has 0 aliphatic heterocycles. The van der Waals surface area contributed by atoms with E-state index in [2.05, 4.69) is 21.2 Å². The Hall–Kier alpha value is -2.01. The molecule has 0 aromatic heterocycles. The zero-order chi connectivity index (χ0) is 15.4. The van der Waals surface area contributed by atoms with E-state index in [1.165, 1.54) is 0 Å². The van der Waals surface area contributed by atoms with Gasteiger partial charge in [0.05, 0.1) is 0 Å². The topological polar surface area (TPSA) is 47.6 Å². The molecule has 3 rings (SSSR count). The number of carbonyl (C=O) groups is 1. The van der Waals surface area contributed by atoms with E-state index in [9.17, 15) is 4.79 Å². The van der Waals surface area contributed by atoms with Crippen LogP contribution in [0.1, 0.15) is 18.4 Å². The van der Waals surface area contributed by atoms with Gasteiger partial charge in [-0.2, -0.15) is 0 Å². The van der Waals surface area contributed by atoms with Gasteiger partial charge in [0.2, 0.25) is 0 Å². The summed E-state index contributed by atoms with van der Waals surface area (Å²) in [7, 11) is 0. The first-order chi connectivity index (χ1) is 10.7. The van der Waals surface area contributed by atoms with E-state index in [-0.39, 0.29) is 6.04 Å². The molecule has 0 saturated heterocycles. The van der Waals surface area contributed by atoms with E-state index in [4.69, 9.17) is 9.47 Å². The zero-order valence-corrected chi connectivity index (χ0v) is 13.5. The second-order valence-electron chi connectivity index (χ2n) is 5.20. The third kappa shape index (κ3) is 4.49. The van der Waals surface area contributed by atoms with Crippen molar-refractivity contribution in [2.75, 3.05) is 0 Å². The lowest BCUT2D eigenvalue weighted by Crippen LogP contribution is -2.28. The molecule has 4 nitrogen and oxygen atoms in total. The van der Waals surface area contributed by atoms with Gasteiger partial charge in [-0.1, -0.05) is 34.1 Å². The molecule has 1 N–H and O–H groups in total. The molecule has 22 heavy (non-hydrogen) atoms. The summed E-state index contributed by atoms with van der Waals surface area (Å²) in [6, 6.07) is 15.3. The van der Waals surface area contributed by atoms with Gasteiger partial charge in [-0.05, 0) is 42.7 Å². The van der Waals surface area contributed by atoms with Crippen molar-refractivity contribution in [1.29, 1.82) is 0 Å². The number of carbonyl (C=O) groups excluding carboxylic acids is 1. The SMILES string of the molecule is O=C(NC1CC1)Oc1cccc(OCc2cccc(Br)c2)c1. The average Bonchev–Trinajstić information content (AvgIpc) is 3.29. The van der Waals surface area contributed by atoms with Gasteiger partial charge >= 0.3 is 6.09 Å². The molecule has 1 amide bonds. The Morgan fingerprint density at radius 1 is 1.14 bits per heavy atom.